The Morgan fingerprint density at radius 3 is 2.36 bits per heavy atom. The quantitative estimate of drug-likeness (QED) is 0.276. The Morgan fingerprint density at radius 1 is 0.962 bits per heavy atom. The molecule has 14 heteroatoms. The Kier molecular flexibility index (Phi) is 10.8. The lowest BCUT2D eigenvalue weighted by molar-refractivity contribution is -0.145. The number of allylic oxidation sites excluding steroid dienone is 1. The molecule has 2 aromatic carbocycles. The SMILES string of the molecule is COc1ccc(-c2nn([C@H]3C[C@H]4C(=O)N[C@]5(C(=O)O)C[C@H]5C=CCCCCC[C@H](NC(=O)OC(C)(C)C)C(=O)N4C3)nc2-c2cccc(OC)c2)cc1. The molecular weight excluding hydrogens is 680 g/mol. The van der Waals surface area contributed by atoms with E-state index in [2.05, 4.69) is 10.6 Å². The molecule has 2 fully saturated rings. The monoisotopic (exact) mass is 728 g/mol. The van der Waals surface area contributed by atoms with E-state index in [1.54, 1.807) is 35.0 Å². The number of carbonyl (C=O) groups excluding carboxylic acids is 3. The molecule has 6 rings (SSSR count). The third kappa shape index (κ3) is 8.31. The van der Waals surface area contributed by atoms with E-state index in [1.807, 2.05) is 60.7 Å². The first-order chi connectivity index (χ1) is 25.3. The molecule has 14 nitrogen and oxygen atoms in total. The van der Waals surface area contributed by atoms with E-state index in [0.717, 1.165) is 30.4 Å². The summed E-state index contributed by atoms with van der Waals surface area (Å²) in [6, 6.07) is 12.3. The molecule has 0 spiro atoms. The van der Waals surface area contributed by atoms with Gasteiger partial charge in [-0.2, -0.15) is 15.0 Å². The summed E-state index contributed by atoms with van der Waals surface area (Å²) in [6.07, 6.45) is 6.80. The molecule has 1 aromatic heterocycles. The van der Waals surface area contributed by atoms with Crippen LogP contribution in [-0.2, 0) is 19.1 Å². The van der Waals surface area contributed by atoms with Crippen LogP contribution in [0, 0.1) is 5.92 Å². The van der Waals surface area contributed by atoms with Gasteiger partial charge < -0.3 is 34.9 Å². The highest BCUT2D eigenvalue weighted by molar-refractivity contribution is 5.96. The van der Waals surface area contributed by atoms with Gasteiger partial charge in [0.25, 0.3) is 0 Å². The van der Waals surface area contributed by atoms with Crippen molar-refractivity contribution in [2.45, 2.75) is 95.0 Å². The number of ether oxygens (including phenoxy) is 3. The summed E-state index contributed by atoms with van der Waals surface area (Å²) < 4.78 is 16.4. The lowest BCUT2D eigenvalue weighted by Crippen LogP contribution is -2.56. The Hall–Kier alpha value is -5.40. The molecule has 3 heterocycles. The van der Waals surface area contributed by atoms with Gasteiger partial charge in [-0.05, 0) is 82.9 Å². The van der Waals surface area contributed by atoms with Crippen molar-refractivity contribution in [1.29, 1.82) is 0 Å². The largest absolute Gasteiger partial charge is 0.497 e. The zero-order chi connectivity index (χ0) is 37.9. The molecule has 3 N–H and O–H groups in total. The van der Waals surface area contributed by atoms with Crippen molar-refractivity contribution in [3.05, 3.63) is 60.7 Å². The van der Waals surface area contributed by atoms with Crippen LogP contribution in [-0.4, -0.2) is 92.9 Å². The maximum Gasteiger partial charge on any atom is 0.408 e. The molecule has 282 valence electrons. The van der Waals surface area contributed by atoms with Crippen molar-refractivity contribution >= 4 is 23.9 Å². The number of alkyl carbamates (subject to hydrolysis) is 1. The van der Waals surface area contributed by atoms with Crippen molar-refractivity contribution in [1.82, 2.24) is 30.5 Å². The minimum Gasteiger partial charge on any atom is -0.497 e. The molecule has 0 radical (unpaired) electrons. The molecule has 2 aliphatic heterocycles. The van der Waals surface area contributed by atoms with Crippen LogP contribution in [0.3, 0.4) is 0 Å². The number of amides is 3. The van der Waals surface area contributed by atoms with Crippen molar-refractivity contribution in [3.63, 3.8) is 0 Å². The van der Waals surface area contributed by atoms with Crippen molar-refractivity contribution in [2.75, 3.05) is 20.8 Å². The van der Waals surface area contributed by atoms with Gasteiger partial charge in [0, 0.05) is 30.0 Å². The minimum atomic E-state index is -1.46. The maximum atomic E-state index is 14.5. The third-order valence-electron chi connectivity index (χ3n) is 9.99. The summed E-state index contributed by atoms with van der Waals surface area (Å²) in [7, 11) is 3.18. The van der Waals surface area contributed by atoms with E-state index in [4.69, 9.17) is 24.4 Å². The van der Waals surface area contributed by atoms with Gasteiger partial charge >= 0.3 is 12.1 Å². The average Bonchev–Trinajstić information content (AvgIpc) is 3.43. The summed E-state index contributed by atoms with van der Waals surface area (Å²) in [5.41, 5.74) is 0.412. The molecule has 0 unspecified atom stereocenters. The number of hydrogen-bond donors (Lipinski definition) is 3. The van der Waals surface area contributed by atoms with E-state index < -0.39 is 53.1 Å². The molecule has 3 aliphatic rings. The smallest absolute Gasteiger partial charge is 0.408 e. The molecule has 5 atom stereocenters. The molecule has 1 saturated heterocycles. The van der Waals surface area contributed by atoms with Crippen molar-refractivity contribution in [3.8, 4) is 34.0 Å². The van der Waals surface area contributed by atoms with Crippen molar-refractivity contribution < 1.29 is 38.5 Å². The summed E-state index contributed by atoms with van der Waals surface area (Å²) in [4.78, 5) is 57.2. The number of rotatable bonds is 7. The Bertz CT molecular complexity index is 1870. The fraction of sp³-hybridized carbons (Fsp3) is 0.487. The predicted molar refractivity (Wildman–Crippen MR) is 195 cm³/mol. The highest BCUT2D eigenvalue weighted by atomic mass is 16.6. The molecular formula is C39H48N6O8. The van der Waals surface area contributed by atoms with E-state index in [1.165, 1.54) is 9.70 Å². The van der Waals surface area contributed by atoms with Gasteiger partial charge in [0.1, 0.15) is 46.1 Å². The van der Waals surface area contributed by atoms with E-state index in [-0.39, 0.29) is 25.3 Å². The minimum absolute atomic E-state index is 0.0428. The number of aromatic nitrogens is 3. The van der Waals surface area contributed by atoms with Gasteiger partial charge in [-0.1, -0.05) is 37.1 Å². The van der Waals surface area contributed by atoms with E-state index in [9.17, 15) is 24.3 Å². The number of carboxylic acid groups (broad SMARTS) is 1. The molecule has 3 amide bonds. The first kappa shape index (κ1) is 37.4. The van der Waals surface area contributed by atoms with Crippen LogP contribution < -0.4 is 20.1 Å². The lowest BCUT2D eigenvalue weighted by Gasteiger charge is -2.30. The van der Waals surface area contributed by atoms with Gasteiger partial charge in [-0.3, -0.25) is 9.59 Å². The fourth-order valence-corrected chi connectivity index (χ4v) is 7.09. The average molecular weight is 729 g/mol. The summed E-state index contributed by atoms with van der Waals surface area (Å²) in [6.45, 7) is 5.26. The molecule has 0 bridgehead atoms. The van der Waals surface area contributed by atoms with Crippen LogP contribution >= 0.6 is 0 Å². The number of fused-ring (bicyclic) bond motifs is 2. The topological polar surface area (TPSA) is 174 Å². The first-order valence-electron chi connectivity index (χ1n) is 18.1. The Balaban J connectivity index is 1.38. The second kappa shape index (κ2) is 15.3. The van der Waals surface area contributed by atoms with Crippen LogP contribution in [0.2, 0.25) is 0 Å². The van der Waals surface area contributed by atoms with Gasteiger partial charge in [0.2, 0.25) is 11.8 Å². The Morgan fingerprint density at radius 2 is 1.68 bits per heavy atom. The standard InChI is InChI=1S/C39H48N6O8/c1-38(2,3)53-37(50)40-30-15-10-8-6-7-9-13-26-22-39(26,36(48)49)41-34(46)31-21-27(23-44(31)35(30)47)45-42-32(24-16-18-28(51-4)19-17-24)33(43-45)25-12-11-14-29(20-25)52-5/h9,11-14,16-20,26-27,30-31H,6-8,10,15,21-23H2,1-5H3,(H,40,50)(H,41,46)(H,48,49)/t26-,27+,30+,31+,39-/m1/s1. The zero-order valence-electron chi connectivity index (χ0n) is 30.8. The van der Waals surface area contributed by atoms with Crippen LogP contribution in [0.5, 0.6) is 11.5 Å². The van der Waals surface area contributed by atoms with Gasteiger partial charge in [-0.25, -0.2) is 9.59 Å². The van der Waals surface area contributed by atoms with Gasteiger partial charge in [0.05, 0.1) is 20.3 Å². The van der Waals surface area contributed by atoms with E-state index >= 15 is 0 Å². The number of aliphatic carboxylic acids is 1. The molecule has 3 aromatic rings. The van der Waals surface area contributed by atoms with E-state index in [0.29, 0.717) is 35.7 Å². The second-order valence-corrected chi connectivity index (χ2v) is 14.9. The molecule has 1 aliphatic carbocycles. The highest BCUT2D eigenvalue weighted by Gasteiger charge is 2.61. The predicted octanol–water partition coefficient (Wildman–Crippen LogP) is 5.14. The number of hydrogen-bond acceptors (Lipinski definition) is 9. The highest BCUT2D eigenvalue weighted by Crippen LogP contribution is 2.46. The maximum absolute atomic E-state index is 14.5. The van der Waals surface area contributed by atoms with Crippen molar-refractivity contribution in [2.24, 2.45) is 5.92 Å². The number of benzene rings is 2. The number of nitrogens with zero attached hydrogens (tertiary/aromatic N) is 4. The van der Waals surface area contributed by atoms with Gasteiger partial charge in [-0.15, -0.1) is 0 Å². The lowest BCUT2D eigenvalue weighted by atomic mass is 10.0. The molecule has 53 heavy (non-hydrogen) atoms. The Labute approximate surface area is 308 Å². The number of carboxylic acids is 1. The first-order valence-corrected chi connectivity index (χ1v) is 18.1. The number of methoxy groups -OCH3 is 2. The van der Waals surface area contributed by atoms with Crippen LogP contribution in [0.4, 0.5) is 4.79 Å². The molecule has 1 saturated carbocycles. The second-order valence-electron chi connectivity index (χ2n) is 14.9. The van der Waals surface area contributed by atoms with Crippen LogP contribution in [0.15, 0.2) is 60.7 Å². The fourth-order valence-electron chi connectivity index (χ4n) is 7.09. The summed E-state index contributed by atoms with van der Waals surface area (Å²) in [5, 5.41) is 25.7. The third-order valence-corrected chi connectivity index (χ3v) is 9.99. The van der Waals surface area contributed by atoms with Gasteiger partial charge in [0.15, 0.2) is 0 Å². The summed E-state index contributed by atoms with van der Waals surface area (Å²) >= 11 is 0. The van der Waals surface area contributed by atoms with Crippen LogP contribution in [0.25, 0.3) is 22.5 Å². The van der Waals surface area contributed by atoms with Crippen LogP contribution in [0.1, 0.15) is 71.8 Å². The normalized spacial score (nSPS) is 24.9. The summed E-state index contributed by atoms with van der Waals surface area (Å²) in [5.74, 6) is -1.21. The number of nitrogens with one attached hydrogen (secondary N) is 2. The zero-order valence-corrected chi connectivity index (χ0v) is 30.8. The number of carbonyl (C=O) groups is 4.